The SMILES string of the molecule is CCOC(=O)[C@H]1C[C@H]2CC[C@@H]1CC21OCCO1. The zero-order valence-corrected chi connectivity index (χ0v) is 10.3. The van der Waals surface area contributed by atoms with Crippen LogP contribution in [0, 0.1) is 17.8 Å². The van der Waals surface area contributed by atoms with E-state index in [1.54, 1.807) is 0 Å². The molecule has 1 spiro atoms. The van der Waals surface area contributed by atoms with E-state index < -0.39 is 0 Å². The summed E-state index contributed by atoms with van der Waals surface area (Å²) in [5.74, 6) is 0.468. The van der Waals surface area contributed by atoms with Crippen molar-refractivity contribution in [2.24, 2.45) is 17.8 Å². The molecular formula is C13H20O4. The standard InChI is InChI=1S/C13H20O4/c1-2-15-12(14)11-7-10-4-3-9(11)8-13(10)16-5-6-17-13/h9-11H,2-8H2,1H3/t9-,10-,11+/m1/s1. The lowest BCUT2D eigenvalue weighted by Crippen LogP contribution is -2.53. The Morgan fingerprint density at radius 2 is 2.12 bits per heavy atom. The van der Waals surface area contributed by atoms with E-state index in [9.17, 15) is 4.79 Å². The third-order valence-electron chi connectivity index (χ3n) is 4.53. The number of fused-ring (bicyclic) bond motifs is 2. The fourth-order valence-electron chi connectivity index (χ4n) is 3.77. The lowest BCUT2D eigenvalue weighted by atomic mass is 9.61. The molecule has 4 fully saturated rings. The number of carbonyl (C=O) groups excluding carboxylic acids is 1. The Hall–Kier alpha value is -0.610. The van der Waals surface area contributed by atoms with E-state index in [1.165, 1.54) is 0 Å². The molecule has 4 heteroatoms. The summed E-state index contributed by atoms with van der Waals surface area (Å²) in [4.78, 5) is 11.9. The van der Waals surface area contributed by atoms with Crippen LogP contribution >= 0.6 is 0 Å². The number of hydrogen-bond donors (Lipinski definition) is 0. The van der Waals surface area contributed by atoms with Gasteiger partial charge in [-0.15, -0.1) is 0 Å². The van der Waals surface area contributed by atoms with Crippen molar-refractivity contribution in [3.63, 3.8) is 0 Å². The molecule has 3 aliphatic carbocycles. The maximum absolute atomic E-state index is 11.9. The molecule has 0 amide bonds. The van der Waals surface area contributed by atoms with Gasteiger partial charge in [0.25, 0.3) is 0 Å². The van der Waals surface area contributed by atoms with Gasteiger partial charge in [0, 0.05) is 12.3 Å². The second-order valence-electron chi connectivity index (χ2n) is 5.34. The Kier molecular flexibility index (Phi) is 2.87. The Morgan fingerprint density at radius 1 is 1.35 bits per heavy atom. The molecule has 2 bridgehead atoms. The zero-order chi connectivity index (χ0) is 11.9. The Bertz CT molecular complexity index is 309. The summed E-state index contributed by atoms with van der Waals surface area (Å²) in [5, 5.41) is 0. The Balaban J connectivity index is 1.73. The van der Waals surface area contributed by atoms with Gasteiger partial charge in [0.05, 0.1) is 25.7 Å². The molecule has 4 aliphatic rings. The molecule has 1 aliphatic heterocycles. The molecule has 96 valence electrons. The van der Waals surface area contributed by atoms with Crippen molar-refractivity contribution in [1.82, 2.24) is 0 Å². The van der Waals surface area contributed by atoms with Crippen molar-refractivity contribution in [3.05, 3.63) is 0 Å². The van der Waals surface area contributed by atoms with Crippen LogP contribution in [0.25, 0.3) is 0 Å². The lowest BCUT2D eigenvalue weighted by molar-refractivity contribution is -0.250. The highest BCUT2D eigenvalue weighted by molar-refractivity contribution is 5.73. The molecule has 0 N–H and O–H groups in total. The van der Waals surface area contributed by atoms with Crippen molar-refractivity contribution in [1.29, 1.82) is 0 Å². The maximum Gasteiger partial charge on any atom is 0.309 e. The maximum atomic E-state index is 11.9. The quantitative estimate of drug-likeness (QED) is 0.689. The molecule has 3 saturated carbocycles. The van der Waals surface area contributed by atoms with Gasteiger partial charge in [-0.05, 0) is 32.1 Å². The smallest absolute Gasteiger partial charge is 0.309 e. The summed E-state index contributed by atoms with van der Waals surface area (Å²) < 4.78 is 16.8. The van der Waals surface area contributed by atoms with Gasteiger partial charge in [-0.3, -0.25) is 4.79 Å². The molecule has 4 rings (SSSR count). The summed E-state index contributed by atoms with van der Waals surface area (Å²) in [7, 11) is 0. The molecule has 4 nitrogen and oxygen atoms in total. The second-order valence-corrected chi connectivity index (χ2v) is 5.34. The first kappa shape index (κ1) is 11.5. The molecule has 0 unspecified atom stereocenters. The third kappa shape index (κ3) is 1.78. The summed E-state index contributed by atoms with van der Waals surface area (Å²) >= 11 is 0. The van der Waals surface area contributed by atoms with Crippen molar-refractivity contribution in [2.45, 2.75) is 38.4 Å². The van der Waals surface area contributed by atoms with Gasteiger partial charge in [0.2, 0.25) is 0 Å². The van der Waals surface area contributed by atoms with Crippen LogP contribution in [0.4, 0.5) is 0 Å². The van der Waals surface area contributed by atoms with Crippen LogP contribution in [0.15, 0.2) is 0 Å². The fraction of sp³-hybridized carbons (Fsp3) is 0.923. The van der Waals surface area contributed by atoms with Crippen LogP contribution in [0.1, 0.15) is 32.6 Å². The van der Waals surface area contributed by atoms with Gasteiger partial charge >= 0.3 is 5.97 Å². The average Bonchev–Trinajstić information content (AvgIpc) is 2.79. The number of carbonyl (C=O) groups is 1. The van der Waals surface area contributed by atoms with E-state index in [2.05, 4.69) is 0 Å². The second kappa shape index (κ2) is 4.25. The fourth-order valence-corrected chi connectivity index (χ4v) is 3.77. The normalized spacial score (nSPS) is 38.5. The van der Waals surface area contributed by atoms with Crippen molar-refractivity contribution < 1.29 is 19.0 Å². The predicted molar refractivity (Wildman–Crippen MR) is 60.2 cm³/mol. The van der Waals surface area contributed by atoms with Gasteiger partial charge in [-0.1, -0.05) is 0 Å². The Labute approximate surface area is 102 Å². The predicted octanol–water partition coefficient (Wildman–Crippen LogP) is 1.73. The van der Waals surface area contributed by atoms with Crippen molar-refractivity contribution in [2.75, 3.05) is 19.8 Å². The first-order valence-electron chi connectivity index (χ1n) is 6.70. The largest absolute Gasteiger partial charge is 0.466 e. The van der Waals surface area contributed by atoms with Crippen molar-refractivity contribution in [3.8, 4) is 0 Å². The van der Waals surface area contributed by atoms with Crippen LogP contribution in [0.3, 0.4) is 0 Å². The number of esters is 1. The van der Waals surface area contributed by atoms with E-state index in [1.807, 2.05) is 6.92 Å². The van der Waals surface area contributed by atoms with Gasteiger partial charge in [0.15, 0.2) is 5.79 Å². The monoisotopic (exact) mass is 240 g/mol. The molecular weight excluding hydrogens is 220 g/mol. The molecule has 0 aromatic rings. The molecule has 1 heterocycles. The summed E-state index contributed by atoms with van der Waals surface area (Å²) in [6, 6.07) is 0. The minimum atomic E-state index is -0.355. The minimum absolute atomic E-state index is 0.0185. The first-order valence-corrected chi connectivity index (χ1v) is 6.70. The molecule has 1 saturated heterocycles. The summed E-state index contributed by atoms with van der Waals surface area (Å²) in [6.07, 6.45) is 3.99. The highest BCUT2D eigenvalue weighted by Crippen LogP contribution is 2.53. The number of hydrogen-bond acceptors (Lipinski definition) is 4. The molecule has 0 radical (unpaired) electrons. The minimum Gasteiger partial charge on any atom is -0.466 e. The van der Waals surface area contributed by atoms with Gasteiger partial charge in [0.1, 0.15) is 0 Å². The van der Waals surface area contributed by atoms with E-state index in [0.717, 1.165) is 25.7 Å². The summed E-state index contributed by atoms with van der Waals surface area (Å²) in [5.41, 5.74) is 0. The van der Waals surface area contributed by atoms with Crippen molar-refractivity contribution >= 4 is 5.97 Å². The molecule has 0 aromatic carbocycles. The van der Waals surface area contributed by atoms with Crippen LogP contribution in [0.2, 0.25) is 0 Å². The number of ether oxygens (including phenoxy) is 3. The zero-order valence-electron chi connectivity index (χ0n) is 10.3. The van der Waals surface area contributed by atoms with E-state index >= 15 is 0 Å². The van der Waals surface area contributed by atoms with Gasteiger partial charge in [-0.2, -0.15) is 0 Å². The van der Waals surface area contributed by atoms with Crippen LogP contribution in [0.5, 0.6) is 0 Å². The highest BCUT2D eigenvalue weighted by atomic mass is 16.7. The van der Waals surface area contributed by atoms with E-state index in [0.29, 0.717) is 31.7 Å². The van der Waals surface area contributed by atoms with Crippen LogP contribution < -0.4 is 0 Å². The average molecular weight is 240 g/mol. The van der Waals surface area contributed by atoms with E-state index in [-0.39, 0.29) is 17.7 Å². The topological polar surface area (TPSA) is 44.8 Å². The Morgan fingerprint density at radius 3 is 2.71 bits per heavy atom. The van der Waals surface area contributed by atoms with Crippen LogP contribution in [-0.4, -0.2) is 31.6 Å². The lowest BCUT2D eigenvalue weighted by Gasteiger charge is -2.50. The van der Waals surface area contributed by atoms with E-state index in [4.69, 9.17) is 14.2 Å². The van der Waals surface area contributed by atoms with Gasteiger partial charge < -0.3 is 14.2 Å². The molecule has 0 aromatic heterocycles. The molecule has 3 atom stereocenters. The highest BCUT2D eigenvalue weighted by Gasteiger charge is 2.56. The number of rotatable bonds is 2. The molecule has 17 heavy (non-hydrogen) atoms. The van der Waals surface area contributed by atoms with Gasteiger partial charge in [-0.25, -0.2) is 0 Å². The third-order valence-corrected chi connectivity index (χ3v) is 4.53. The summed E-state index contributed by atoms with van der Waals surface area (Å²) in [6.45, 7) is 3.75. The first-order chi connectivity index (χ1) is 8.25. The van der Waals surface area contributed by atoms with Crippen LogP contribution in [-0.2, 0) is 19.0 Å².